The van der Waals surface area contributed by atoms with E-state index in [2.05, 4.69) is 9.62 Å². The van der Waals surface area contributed by atoms with Crippen molar-refractivity contribution in [2.75, 3.05) is 32.7 Å². The minimum atomic E-state index is -3.53. The van der Waals surface area contributed by atoms with E-state index >= 15 is 0 Å². The lowest BCUT2D eigenvalue weighted by Gasteiger charge is -2.34. The number of amides is 1. The van der Waals surface area contributed by atoms with E-state index in [1.807, 2.05) is 4.90 Å². The quantitative estimate of drug-likeness (QED) is 0.828. The van der Waals surface area contributed by atoms with Crippen LogP contribution < -0.4 is 4.72 Å². The molecule has 1 aliphatic heterocycles. The van der Waals surface area contributed by atoms with Crippen LogP contribution >= 0.6 is 0 Å². The monoisotopic (exact) mass is 337 g/mol. The number of sulfonamides is 1. The summed E-state index contributed by atoms with van der Waals surface area (Å²) < 4.78 is 26.6. The molecule has 2 aliphatic rings. The summed E-state index contributed by atoms with van der Waals surface area (Å²) in [6.07, 6.45) is 2.78. The number of carbonyl (C=O) groups is 1. The molecule has 3 rings (SSSR count). The molecule has 6 nitrogen and oxygen atoms in total. The van der Waals surface area contributed by atoms with Crippen LogP contribution in [0, 0.1) is 0 Å². The molecule has 1 N–H and O–H groups in total. The molecule has 0 spiro atoms. The molecule has 1 amide bonds. The van der Waals surface area contributed by atoms with Crippen LogP contribution in [0.2, 0.25) is 0 Å². The van der Waals surface area contributed by atoms with Crippen LogP contribution in [0.25, 0.3) is 0 Å². The first-order chi connectivity index (χ1) is 11.1. The van der Waals surface area contributed by atoms with Crippen molar-refractivity contribution in [1.29, 1.82) is 0 Å². The van der Waals surface area contributed by atoms with Gasteiger partial charge in [-0.25, -0.2) is 13.1 Å². The summed E-state index contributed by atoms with van der Waals surface area (Å²) in [5.74, 6) is 0.0243. The van der Waals surface area contributed by atoms with Crippen molar-refractivity contribution in [2.24, 2.45) is 0 Å². The Hall–Kier alpha value is -1.44. The summed E-state index contributed by atoms with van der Waals surface area (Å²) in [7, 11) is -3.53. The van der Waals surface area contributed by atoms with Crippen LogP contribution in [-0.4, -0.2) is 62.9 Å². The predicted octanol–water partition coefficient (Wildman–Crippen LogP) is 0.662. The molecular formula is C16H23N3O3S. The van der Waals surface area contributed by atoms with Crippen molar-refractivity contribution >= 4 is 15.9 Å². The highest BCUT2D eigenvalue weighted by atomic mass is 32.2. The largest absolute Gasteiger partial charge is 0.340 e. The number of hydrogen-bond acceptors (Lipinski definition) is 4. The molecule has 1 saturated heterocycles. The molecule has 1 saturated carbocycles. The molecule has 0 bridgehead atoms. The van der Waals surface area contributed by atoms with E-state index in [4.69, 9.17) is 0 Å². The zero-order chi connectivity index (χ0) is 16.3. The number of carbonyl (C=O) groups excluding carboxylic acids is 1. The summed E-state index contributed by atoms with van der Waals surface area (Å²) in [5, 5.41) is 0. The molecule has 23 heavy (non-hydrogen) atoms. The van der Waals surface area contributed by atoms with Gasteiger partial charge in [-0.1, -0.05) is 18.2 Å². The molecule has 1 aliphatic carbocycles. The van der Waals surface area contributed by atoms with Gasteiger partial charge < -0.3 is 4.90 Å². The van der Waals surface area contributed by atoms with Crippen LogP contribution in [-0.2, 0) is 14.8 Å². The molecule has 1 aromatic carbocycles. The Kier molecular flexibility index (Phi) is 4.99. The zero-order valence-electron chi connectivity index (χ0n) is 13.1. The van der Waals surface area contributed by atoms with Crippen LogP contribution in [0.3, 0.4) is 0 Å². The first kappa shape index (κ1) is 16.4. The molecule has 7 heteroatoms. The van der Waals surface area contributed by atoms with Crippen LogP contribution in [0.5, 0.6) is 0 Å². The topological polar surface area (TPSA) is 69.7 Å². The van der Waals surface area contributed by atoms with Gasteiger partial charge in [-0.3, -0.25) is 9.69 Å². The van der Waals surface area contributed by atoms with E-state index in [0.29, 0.717) is 0 Å². The standard InChI is InChI=1S/C16H23N3O3S/c20-16(19-12-10-18(11-13-19)14-6-7-14)8-9-17-23(21,22)15-4-2-1-3-5-15/h1-5,14,17H,6-13H2. The molecule has 1 aromatic rings. The lowest BCUT2D eigenvalue weighted by Crippen LogP contribution is -2.49. The van der Waals surface area contributed by atoms with Gasteiger partial charge >= 0.3 is 0 Å². The lowest BCUT2D eigenvalue weighted by atomic mass is 10.2. The molecule has 126 valence electrons. The highest BCUT2D eigenvalue weighted by Gasteiger charge is 2.32. The van der Waals surface area contributed by atoms with E-state index in [1.165, 1.54) is 12.8 Å². The molecule has 2 fully saturated rings. The fourth-order valence-electron chi connectivity index (χ4n) is 2.91. The second-order valence-corrected chi connectivity index (χ2v) is 7.88. The Bertz CT molecular complexity index is 636. The highest BCUT2D eigenvalue weighted by molar-refractivity contribution is 7.89. The Morgan fingerprint density at radius 2 is 1.74 bits per heavy atom. The second kappa shape index (κ2) is 6.98. The first-order valence-electron chi connectivity index (χ1n) is 8.13. The second-order valence-electron chi connectivity index (χ2n) is 6.11. The van der Waals surface area contributed by atoms with E-state index in [0.717, 1.165) is 32.2 Å². The SMILES string of the molecule is O=C(CCNS(=O)(=O)c1ccccc1)N1CCN(C2CC2)CC1. The number of benzene rings is 1. The van der Waals surface area contributed by atoms with Crippen molar-refractivity contribution in [2.45, 2.75) is 30.2 Å². The minimum Gasteiger partial charge on any atom is -0.340 e. The Balaban J connectivity index is 1.42. The number of hydrogen-bond donors (Lipinski definition) is 1. The maximum absolute atomic E-state index is 12.2. The first-order valence-corrected chi connectivity index (χ1v) is 9.61. The number of piperazine rings is 1. The van der Waals surface area contributed by atoms with Gasteiger partial charge in [0.25, 0.3) is 0 Å². The van der Waals surface area contributed by atoms with Crippen molar-refractivity contribution in [3.8, 4) is 0 Å². The van der Waals surface area contributed by atoms with E-state index in [9.17, 15) is 13.2 Å². The Labute approximate surface area is 137 Å². The summed E-state index contributed by atoms with van der Waals surface area (Å²) in [4.78, 5) is 16.7. The van der Waals surface area contributed by atoms with Crippen LogP contribution in [0.4, 0.5) is 0 Å². The summed E-state index contributed by atoms with van der Waals surface area (Å²) in [6.45, 7) is 3.51. The molecule has 0 radical (unpaired) electrons. The third-order valence-electron chi connectivity index (χ3n) is 4.41. The maximum Gasteiger partial charge on any atom is 0.240 e. The number of rotatable bonds is 6. The molecule has 0 unspecified atom stereocenters. The fraction of sp³-hybridized carbons (Fsp3) is 0.562. The van der Waals surface area contributed by atoms with Gasteiger partial charge in [-0.15, -0.1) is 0 Å². The Morgan fingerprint density at radius 1 is 1.09 bits per heavy atom. The molecule has 0 atom stereocenters. The van der Waals surface area contributed by atoms with Gasteiger partial charge in [0.05, 0.1) is 4.90 Å². The van der Waals surface area contributed by atoms with E-state index in [-0.39, 0.29) is 23.8 Å². The lowest BCUT2D eigenvalue weighted by molar-refractivity contribution is -0.132. The highest BCUT2D eigenvalue weighted by Crippen LogP contribution is 2.27. The smallest absolute Gasteiger partial charge is 0.240 e. The van der Waals surface area contributed by atoms with E-state index in [1.54, 1.807) is 30.3 Å². The Morgan fingerprint density at radius 3 is 2.35 bits per heavy atom. The van der Waals surface area contributed by atoms with Gasteiger partial charge in [0.1, 0.15) is 0 Å². The maximum atomic E-state index is 12.2. The van der Waals surface area contributed by atoms with Crippen molar-refractivity contribution in [1.82, 2.24) is 14.5 Å². The van der Waals surface area contributed by atoms with Gasteiger partial charge in [0.2, 0.25) is 15.9 Å². The van der Waals surface area contributed by atoms with Crippen LogP contribution in [0.15, 0.2) is 35.2 Å². The predicted molar refractivity (Wildman–Crippen MR) is 87.4 cm³/mol. The average Bonchev–Trinajstić information content (AvgIpc) is 3.40. The van der Waals surface area contributed by atoms with Gasteiger partial charge in [0.15, 0.2) is 0 Å². The zero-order valence-corrected chi connectivity index (χ0v) is 14.0. The van der Waals surface area contributed by atoms with Crippen molar-refractivity contribution in [3.63, 3.8) is 0 Å². The normalized spacial score (nSPS) is 19.7. The van der Waals surface area contributed by atoms with E-state index < -0.39 is 10.0 Å². The summed E-state index contributed by atoms with van der Waals surface area (Å²) in [5.41, 5.74) is 0. The summed E-state index contributed by atoms with van der Waals surface area (Å²) >= 11 is 0. The third kappa shape index (κ3) is 4.31. The molecular weight excluding hydrogens is 314 g/mol. The summed E-state index contributed by atoms with van der Waals surface area (Å²) in [6, 6.07) is 8.95. The van der Waals surface area contributed by atoms with Crippen molar-refractivity contribution in [3.05, 3.63) is 30.3 Å². The van der Waals surface area contributed by atoms with Gasteiger partial charge in [0, 0.05) is 45.2 Å². The number of nitrogens with zero attached hydrogens (tertiary/aromatic N) is 2. The fourth-order valence-corrected chi connectivity index (χ4v) is 3.96. The van der Waals surface area contributed by atoms with Gasteiger partial charge in [-0.2, -0.15) is 0 Å². The van der Waals surface area contributed by atoms with Crippen LogP contribution in [0.1, 0.15) is 19.3 Å². The van der Waals surface area contributed by atoms with Crippen molar-refractivity contribution < 1.29 is 13.2 Å². The van der Waals surface area contributed by atoms with Gasteiger partial charge in [-0.05, 0) is 25.0 Å². The number of nitrogens with one attached hydrogen (secondary N) is 1. The minimum absolute atomic E-state index is 0.0243. The molecule has 0 aromatic heterocycles. The average molecular weight is 337 g/mol. The third-order valence-corrected chi connectivity index (χ3v) is 5.89. The molecule has 1 heterocycles.